The molecule has 0 aliphatic rings. The normalized spacial score (nSPS) is 11.3. The van der Waals surface area contributed by atoms with E-state index in [1.165, 1.54) is 12.1 Å². The number of carboxylic acid groups (broad SMARTS) is 1. The van der Waals surface area contributed by atoms with Crippen molar-refractivity contribution in [2.75, 3.05) is 0 Å². The van der Waals surface area contributed by atoms with Gasteiger partial charge in [0.1, 0.15) is 0 Å². The fourth-order valence-corrected chi connectivity index (χ4v) is 1.81. The van der Waals surface area contributed by atoms with Crippen LogP contribution in [0.1, 0.15) is 41.5 Å². The number of aromatic nitrogens is 3. The molecule has 0 aliphatic carbocycles. The minimum Gasteiger partial charge on any atom is -0.478 e. The van der Waals surface area contributed by atoms with Crippen molar-refractivity contribution in [1.82, 2.24) is 14.9 Å². The number of carboxylic acids is 1. The van der Waals surface area contributed by atoms with Gasteiger partial charge >= 0.3 is 5.97 Å². The zero-order valence-electron chi connectivity index (χ0n) is 11.1. The highest BCUT2D eigenvalue weighted by molar-refractivity contribution is 7.71. The van der Waals surface area contributed by atoms with Crippen molar-refractivity contribution < 1.29 is 9.90 Å². The van der Waals surface area contributed by atoms with Crippen molar-refractivity contribution in [1.29, 1.82) is 0 Å². The first-order chi connectivity index (χ1) is 9.49. The van der Waals surface area contributed by atoms with E-state index in [4.69, 9.17) is 17.3 Å². The zero-order chi connectivity index (χ0) is 14.7. The van der Waals surface area contributed by atoms with Crippen molar-refractivity contribution in [2.24, 2.45) is 5.10 Å². The summed E-state index contributed by atoms with van der Waals surface area (Å²) >= 11 is 5.12. The predicted molar refractivity (Wildman–Crippen MR) is 77.9 cm³/mol. The van der Waals surface area contributed by atoms with E-state index >= 15 is 0 Å². The first-order valence-electron chi connectivity index (χ1n) is 6.04. The lowest BCUT2D eigenvalue weighted by molar-refractivity contribution is 0.0697. The Bertz CT molecular complexity index is 698. The van der Waals surface area contributed by atoms with E-state index in [1.807, 2.05) is 13.8 Å². The topological polar surface area (TPSA) is 83.3 Å². The Labute approximate surface area is 120 Å². The lowest BCUT2D eigenvalue weighted by atomic mass is 10.1. The van der Waals surface area contributed by atoms with Crippen molar-refractivity contribution in [3.8, 4) is 0 Å². The maximum atomic E-state index is 10.8. The van der Waals surface area contributed by atoms with Crippen LogP contribution in [-0.4, -0.2) is 32.2 Å². The standard InChI is InChI=1S/C13H14N4O2S/c1-8(2)11-15-16-13(20)17(11)14-7-9-3-5-10(6-4-9)12(18)19/h3-8H,1-2H3,(H,16,20)(H,18,19)/b14-7+. The third kappa shape index (κ3) is 3.00. The zero-order valence-corrected chi connectivity index (χ0v) is 11.9. The number of nitrogens with one attached hydrogen (secondary N) is 1. The van der Waals surface area contributed by atoms with Crippen LogP contribution in [0, 0.1) is 4.77 Å². The van der Waals surface area contributed by atoms with Crippen LogP contribution in [0.4, 0.5) is 0 Å². The van der Waals surface area contributed by atoms with Crippen LogP contribution in [0.2, 0.25) is 0 Å². The van der Waals surface area contributed by atoms with Crippen molar-refractivity contribution >= 4 is 24.4 Å². The molecule has 0 saturated carbocycles. The Morgan fingerprint density at radius 1 is 1.45 bits per heavy atom. The number of carbonyl (C=O) groups is 1. The van der Waals surface area contributed by atoms with E-state index in [9.17, 15) is 4.79 Å². The van der Waals surface area contributed by atoms with Gasteiger partial charge in [0.25, 0.3) is 0 Å². The molecule has 1 aromatic heterocycles. The molecule has 2 rings (SSSR count). The Morgan fingerprint density at radius 2 is 2.10 bits per heavy atom. The highest BCUT2D eigenvalue weighted by Crippen LogP contribution is 2.11. The number of H-pyrrole nitrogens is 1. The van der Waals surface area contributed by atoms with Gasteiger partial charge in [0, 0.05) is 5.92 Å². The minimum atomic E-state index is -0.951. The summed E-state index contributed by atoms with van der Waals surface area (Å²) in [5.41, 5.74) is 1.03. The smallest absolute Gasteiger partial charge is 0.335 e. The number of nitrogens with zero attached hydrogens (tertiary/aromatic N) is 3. The van der Waals surface area contributed by atoms with E-state index in [0.717, 1.165) is 11.4 Å². The van der Waals surface area contributed by atoms with E-state index in [0.29, 0.717) is 4.77 Å². The first kappa shape index (κ1) is 14.1. The van der Waals surface area contributed by atoms with Gasteiger partial charge in [0.05, 0.1) is 11.8 Å². The van der Waals surface area contributed by atoms with Crippen LogP contribution >= 0.6 is 12.2 Å². The molecule has 0 amide bonds. The second kappa shape index (κ2) is 5.79. The van der Waals surface area contributed by atoms with E-state index in [1.54, 1.807) is 23.0 Å². The van der Waals surface area contributed by atoms with Gasteiger partial charge < -0.3 is 5.11 Å². The van der Waals surface area contributed by atoms with Gasteiger partial charge in [-0.25, -0.2) is 4.79 Å². The molecule has 0 radical (unpaired) electrons. The summed E-state index contributed by atoms with van der Waals surface area (Å²) in [5, 5.41) is 19.9. The van der Waals surface area contributed by atoms with E-state index < -0.39 is 5.97 Å². The molecule has 1 aromatic carbocycles. The summed E-state index contributed by atoms with van der Waals surface area (Å²) in [4.78, 5) is 10.8. The van der Waals surface area contributed by atoms with Crippen LogP contribution < -0.4 is 0 Å². The summed E-state index contributed by atoms with van der Waals surface area (Å²) in [6, 6.07) is 6.43. The van der Waals surface area contributed by atoms with Crippen LogP contribution in [0.15, 0.2) is 29.4 Å². The van der Waals surface area contributed by atoms with Gasteiger partial charge in [0.15, 0.2) is 5.82 Å². The largest absolute Gasteiger partial charge is 0.478 e. The predicted octanol–water partition coefficient (Wildman–Crippen LogP) is 2.64. The van der Waals surface area contributed by atoms with Gasteiger partial charge in [-0.1, -0.05) is 26.0 Å². The van der Waals surface area contributed by atoms with E-state index in [-0.39, 0.29) is 11.5 Å². The average Bonchev–Trinajstić information content (AvgIpc) is 2.78. The number of hydrogen-bond donors (Lipinski definition) is 2. The molecular formula is C13H14N4O2S. The summed E-state index contributed by atoms with van der Waals surface area (Å²) in [6.45, 7) is 4.00. The molecule has 0 saturated heterocycles. The fraction of sp³-hybridized carbons (Fsp3) is 0.231. The molecule has 6 nitrogen and oxygen atoms in total. The van der Waals surface area contributed by atoms with Gasteiger partial charge in [-0.2, -0.15) is 14.9 Å². The summed E-state index contributed by atoms with van der Waals surface area (Å²) in [6.07, 6.45) is 1.61. The fourth-order valence-electron chi connectivity index (χ4n) is 1.63. The Morgan fingerprint density at radius 3 is 2.65 bits per heavy atom. The summed E-state index contributed by atoms with van der Waals surface area (Å²) in [7, 11) is 0. The number of aromatic amines is 1. The minimum absolute atomic E-state index is 0.189. The van der Waals surface area contributed by atoms with Gasteiger partial charge in [-0.05, 0) is 29.9 Å². The van der Waals surface area contributed by atoms with E-state index in [2.05, 4.69) is 15.3 Å². The molecule has 20 heavy (non-hydrogen) atoms. The van der Waals surface area contributed by atoms with Crippen LogP contribution in [0.5, 0.6) is 0 Å². The highest BCUT2D eigenvalue weighted by Gasteiger charge is 2.08. The number of rotatable bonds is 4. The Kier molecular flexibility index (Phi) is 4.09. The quantitative estimate of drug-likeness (QED) is 0.670. The third-order valence-electron chi connectivity index (χ3n) is 2.67. The first-order valence-corrected chi connectivity index (χ1v) is 6.45. The molecule has 2 aromatic rings. The maximum Gasteiger partial charge on any atom is 0.335 e. The summed E-state index contributed by atoms with van der Waals surface area (Å²) in [5.74, 6) is -0.0180. The molecule has 0 spiro atoms. The van der Waals surface area contributed by atoms with Gasteiger partial charge in [-0.15, -0.1) is 0 Å². The lowest BCUT2D eigenvalue weighted by Gasteiger charge is -2.02. The molecule has 0 bridgehead atoms. The second-order valence-corrected chi connectivity index (χ2v) is 4.91. The molecule has 2 N–H and O–H groups in total. The summed E-state index contributed by atoms with van der Waals surface area (Å²) < 4.78 is 1.98. The lowest BCUT2D eigenvalue weighted by Crippen LogP contribution is -2.01. The van der Waals surface area contributed by atoms with Crippen LogP contribution in [0.3, 0.4) is 0 Å². The molecule has 0 atom stereocenters. The molecule has 0 aliphatic heterocycles. The number of aromatic carboxylic acids is 1. The van der Waals surface area contributed by atoms with Crippen molar-refractivity contribution in [2.45, 2.75) is 19.8 Å². The maximum absolute atomic E-state index is 10.8. The Balaban J connectivity index is 2.27. The van der Waals surface area contributed by atoms with Gasteiger partial charge in [-0.3, -0.25) is 5.10 Å². The molecule has 1 heterocycles. The average molecular weight is 290 g/mol. The number of benzene rings is 1. The van der Waals surface area contributed by atoms with Crippen LogP contribution in [0.25, 0.3) is 0 Å². The molecule has 0 fully saturated rings. The SMILES string of the molecule is CC(C)c1n[nH]c(=S)n1/N=C/c1ccc(C(=O)O)cc1. The monoisotopic (exact) mass is 290 g/mol. The third-order valence-corrected chi connectivity index (χ3v) is 2.94. The molecular weight excluding hydrogens is 276 g/mol. The highest BCUT2D eigenvalue weighted by atomic mass is 32.1. The van der Waals surface area contributed by atoms with Crippen molar-refractivity contribution in [3.63, 3.8) is 0 Å². The van der Waals surface area contributed by atoms with Gasteiger partial charge in [0.2, 0.25) is 4.77 Å². The van der Waals surface area contributed by atoms with Crippen molar-refractivity contribution in [3.05, 3.63) is 46.0 Å². The Hall–Kier alpha value is -2.28. The molecule has 104 valence electrons. The molecule has 0 unspecified atom stereocenters. The second-order valence-electron chi connectivity index (χ2n) is 4.53. The van der Waals surface area contributed by atoms with Crippen LogP contribution in [-0.2, 0) is 0 Å². The number of hydrogen-bond acceptors (Lipinski definition) is 4. The molecule has 7 heteroatoms.